The van der Waals surface area contributed by atoms with E-state index in [-0.39, 0.29) is 43.3 Å². The summed E-state index contributed by atoms with van der Waals surface area (Å²) in [5.41, 5.74) is 22.7. The molecule has 100 heavy (non-hydrogen) atoms. The highest BCUT2D eigenvalue weighted by Crippen LogP contribution is 2.43. The van der Waals surface area contributed by atoms with E-state index in [4.69, 9.17) is 0 Å². The Morgan fingerprint density at radius 1 is 0.160 bits per heavy atom. The van der Waals surface area contributed by atoms with Crippen molar-refractivity contribution in [3.63, 3.8) is 0 Å². The van der Waals surface area contributed by atoms with Crippen molar-refractivity contribution in [3.8, 4) is 94.7 Å². The number of H-pyrrole nitrogens is 4. The van der Waals surface area contributed by atoms with E-state index >= 15 is 0 Å². The maximum absolute atomic E-state index is 3.88. The van der Waals surface area contributed by atoms with Crippen LogP contribution in [0.5, 0.6) is 0 Å². The van der Waals surface area contributed by atoms with E-state index in [1.165, 1.54) is 44.5 Å². The molecule has 0 atom stereocenters. The summed E-state index contributed by atoms with van der Waals surface area (Å²) < 4.78 is 0. The smallest absolute Gasteiger partial charge is 0.0624 e. The first-order valence-corrected chi connectivity index (χ1v) is 35.2. The quantitative estimate of drug-likeness (QED) is 0.109. The number of aromatic amines is 4. The Kier molecular flexibility index (Phi) is 16.0. The van der Waals surface area contributed by atoms with Crippen LogP contribution in [-0.4, -0.2) is 19.9 Å². The minimum absolute atomic E-state index is 0.173. The van der Waals surface area contributed by atoms with Gasteiger partial charge in [0.1, 0.15) is 0 Å². The number of hydrogen-bond acceptors (Lipinski definition) is 0. The van der Waals surface area contributed by atoms with Gasteiger partial charge in [0.2, 0.25) is 0 Å². The van der Waals surface area contributed by atoms with Crippen molar-refractivity contribution >= 4 is 87.2 Å². The Hall–Kier alpha value is -10.6. The van der Waals surface area contributed by atoms with Crippen LogP contribution in [0.25, 0.3) is 87.2 Å². The lowest BCUT2D eigenvalue weighted by molar-refractivity contribution is 0.590. The summed E-state index contributed by atoms with van der Waals surface area (Å²) in [4.78, 5) is 15.5. The Morgan fingerprint density at radius 2 is 0.260 bits per heavy atom. The Bertz CT molecular complexity index is 4990. The monoisotopic (exact) mass is 1300 g/mol. The third-order valence-electron chi connectivity index (χ3n) is 20.0. The number of benzene rings is 8. The van der Waals surface area contributed by atoms with Crippen LogP contribution in [0.4, 0.5) is 0 Å². The minimum atomic E-state index is -0.173. The minimum Gasteiger partial charge on any atom is -0.352 e. The van der Waals surface area contributed by atoms with Crippen LogP contribution in [0.15, 0.2) is 97.1 Å². The van der Waals surface area contributed by atoms with Crippen molar-refractivity contribution in [2.45, 2.75) is 209 Å². The molecule has 0 saturated carbocycles. The average Bonchev–Trinajstić information content (AvgIpc) is 1.61. The van der Waals surface area contributed by atoms with E-state index in [1.54, 1.807) is 0 Å². The van der Waals surface area contributed by atoms with E-state index < -0.39 is 0 Å². The first kappa shape index (κ1) is 68.0. The van der Waals surface area contributed by atoms with E-state index in [1.807, 2.05) is 0 Å². The van der Waals surface area contributed by atoms with Gasteiger partial charge in [-0.25, -0.2) is 0 Å². The molecule has 8 bridgehead atoms. The van der Waals surface area contributed by atoms with Gasteiger partial charge in [0.15, 0.2) is 0 Å². The van der Waals surface area contributed by atoms with Crippen molar-refractivity contribution in [3.05, 3.63) is 186 Å². The van der Waals surface area contributed by atoms with Crippen LogP contribution in [0.1, 0.15) is 255 Å². The molecule has 0 amide bonds. The third-order valence-corrected chi connectivity index (χ3v) is 20.0. The predicted octanol–water partition coefficient (Wildman–Crippen LogP) is 22.5. The van der Waals surface area contributed by atoms with Gasteiger partial charge in [-0.05, 0) is 232 Å². The first-order valence-electron chi connectivity index (χ1n) is 35.2. The molecule has 1 aliphatic rings. The second kappa shape index (κ2) is 23.6. The van der Waals surface area contributed by atoms with Crippen LogP contribution in [-0.2, 0) is 43.3 Å². The molecule has 496 valence electrons. The molecule has 13 rings (SSSR count). The molecule has 5 heterocycles. The van der Waals surface area contributed by atoms with Gasteiger partial charge in [0, 0.05) is 87.6 Å². The molecular weight excluding hydrogens is 1210 g/mol. The zero-order chi connectivity index (χ0) is 71.9. The molecule has 0 aliphatic carbocycles. The van der Waals surface area contributed by atoms with Gasteiger partial charge in [-0.2, -0.15) is 0 Å². The van der Waals surface area contributed by atoms with Crippen LogP contribution >= 0.6 is 0 Å². The van der Waals surface area contributed by atoms with E-state index in [2.05, 4.69) is 378 Å². The van der Waals surface area contributed by atoms with E-state index in [0.717, 1.165) is 132 Å². The fraction of sp³-hybridized carbons (Fsp3) is 0.333. The predicted molar refractivity (Wildman–Crippen MR) is 428 cm³/mol. The fourth-order valence-electron chi connectivity index (χ4n) is 13.5. The average molecular weight is 1300 g/mol. The van der Waals surface area contributed by atoms with Gasteiger partial charge < -0.3 is 19.9 Å². The van der Waals surface area contributed by atoms with Crippen molar-refractivity contribution in [2.75, 3.05) is 0 Å². The number of hydrogen-bond donors (Lipinski definition) is 4. The summed E-state index contributed by atoms with van der Waals surface area (Å²) in [5.74, 6) is 55.6. The lowest BCUT2D eigenvalue weighted by Gasteiger charge is -2.20. The molecule has 4 nitrogen and oxygen atoms in total. The molecule has 4 heteroatoms. The summed E-state index contributed by atoms with van der Waals surface area (Å²) in [7, 11) is 0. The zero-order valence-electron chi connectivity index (χ0n) is 63.2. The van der Waals surface area contributed by atoms with Gasteiger partial charge in [0.25, 0.3) is 0 Å². The molecule has 0 spiro atoms. The normalized spacial score (nSPS) is 13.2. The summed E-state index contributed by atoms with van der Waals surface area (Å²) in [6.45, 7) is 54.2. The van der Waals surface area contributed by atoms with Gasteiger partial charge in [-0.3, -0.25) is 0 Å². The highest BCUT2D eigenvalue weighted by atomic mass is 14.7. The van der Waals surface area contributed by atoms with Crippen molar-refractivity contribution in [1.29, 1.82) is 0 Å². The molecular formula is C96H92N4. The lowest BCUT2D eigenvalue weighted by atomic mass is 9.83. The summed E-state index contributed by atoms with van der Waals surface area (Å²) in [6.07, 6.45) is 0. The lowest BCUT2D eigenvalue weighted by Crippen LogP contribution is -2.11. The molecule has 4 N–H and O–H groups in total. The standard InChI is InChI=1S/C96H92N4/c1-89(2,3)65-41-57-33-25-26-34-59-43-67(91(7,8)9)51-75-76-52-69(93(13,14)15)45-61(84(76)98-83(59)75)37-29-30-38-63-47-71(95(19,20)21)55-79-80-56-72(96(22,23)24)48-64(88(80)100-87(63)79)40-32-31-39-62-46-70(94(16,17)18)54-78-77-53-68(92(10,11)12)44-60(85(77)99-86(62)78)36-28-27-35-58-42-66(90(4,5)6)50-74-73(49-65)81(57)97-82(58)74/h41-56,97-100H,1-24H3. The Morgan fingerprint density at radius 3 is 0.350 bits per heavy atom. The fourth-order valence-corrected chi connectivity index (χ4v) is 13.5. The number of aromatic nitrogens is 4. The summed E-state index contributed by atoms with van der Waals surface area (Å²) >= 11 is 0. The highest BCUT2D eigenvalue weighted by Gasteiger charge is 2.28. The molecule has 1 aliphatic heterocycles. The topological polar surface area (TPSA) is 63.2 Å². The number of fused-ring (bicyclic) bond motifs is 4. The SMILES string of the molecule is CC(C)(C)c1cc2c3[nH]c4c(cc(C(C)(C)C)cc4c3c1)C#CC#Cc1cc(C(C)(C)C)cc3c1[nH]c1c(cc(C(C)(C)C)cc13)C#CC#Cc1cc(C(C)(C)C)cc3c1[nH]c1c(cc(C(C)(C)C)cc13)C#CC#Cc1cc(C(C)(C)C)cc3c1[nH]c1c(cc(C(C)(C)C)cc13)C#CC#C2. The molecule has 12 aromatic rings. The Balaban J connectivity index is 1.10. The molecule has 0 saturated heterocycles. The molecule has 0 radical (unpaired) electrons. The van der Waals surface area contributed by atoms with Crippen molar-refractivity contribution in [2.24, 2.45) is 0 Å². The Labute approximate surface area is 593 Å². The molecule has 0 unspecified atom stereocenters. The first-order chi connectivity index (χ1) is 46.6. The highest BCUT2D eigenvalue weighted by molar-refractivity contribution is 6.15. The second-order valence-corrected chi connectivity index (χ2v) is 36.1. The van der Waals surface area contributed by atoms with Crippen LogP contribution in [0.2, 0.25) is 0 Å². The van der Waals surface area contributed by atoms with Crippen molar-refractivity contribution in [1.82, 2.24) is 19.9 Å². The number of nitrogens with one attached hydrogen (secondary N) is 4. The zero-order valence-corrected chi connectivity index (χ0v) is 63.2. The third kappa shape index (κ3) is 12.9. The molecule has 0 fully saturated rings. The molecule has 8 aromatic carbocycles. The second-order valence-electron chi connectivity index (χ2n) is 36.1. The maximum atomic E-state index is 3.88. The number of rotatable bonds is 0. The van der Waals surface area contributed by atoms with Crippen LogP contribution in [0, 0.1) is 94.7 Å². The van der Waals surface area contributed by atoms with Crippen LogP contribution < -0.4 is 0 Å². The van der Waals surface area contributed by atoms with E-state index in [9.17, 15) is 0 Å². The van der Waals surface area contributed by atoms with Crippen LogP contribution in [0.3, 0.4) is 0 Å². The van der Waals surface area contributed by atoms with Gasteiger partial charge in [-0.1, -0.05) is 214 Å². The largest absolute Gasteiger partial charge is 0.352 e. The maximum Gasteiger partial charge on any atom is 0.0624 e. The van der Waals surface area contributed by atoms with Gasteiger partial charge in [-0.15, -0.1) is 0 Å². The summed E-state index contributed by atoms with van der Waals surface area (Å²) in [6, 6.07) is 36.5. The van der Waals surface area contributed by atoms with Gasteiger partial charge in [0.05, 0.1) is 44.1 Å². The summed E-state index contributed by atoms with van der Waals surface area (Å²) in [5, 5.41) is 8.78. The molecule has 4 aromatic heterocycles. The van der Waals surface area contributed by atoms with E-state index in [0.29, 0.717) is 0 Å². The van der Waals surface area contributed by atoms with Crippen molar-refractivity contribution < 1.29 is 0 Å². The van der Waals surface area contributed by atoms with Gasteiger partial charge >= 0.3 is 0 Å².